The van der Waals surface area contributed by atoms with Gasteiger partial charge in [0.05, 0.1) is 0 Å². The van der Waals surface area contributed by atoms with Gasteiger partial charge in [-0.05, 0) is 52.4 Å². The Labute approximate surface area is 113 Å². The second-order valence-corrected chi connectivity index (χ2v) is 6.09. The summed E-state index contributed by atoms with van der Waals surface area (Å²) in [6.07, 6.45) is 0. The first-order valence-electron chi connectivity index (χ1n) is 6.05. The van der Waals surface area contributed by atoms with Crippen LogP contribution in [0.4, 0.5) is 0 Å². The van der Waals surface area contributed by atoms with Crippen molar-refractivity contribution >= 4 is 15.9 Å². The summed E-state index contributed by atoms with van der Waals surface area (Å²) >= 11 is 3.51. The Morgan fingerprint density at radius 1 is 1.35 bits per heavy atom. The third-order valence-electron chi connectivity index (χ3n) is 2.36. The number of hydrogen-bond acceptors (Lipinski definition) is 2. The maximum absolute atomic E-state index is 5.99. The van der Waals surface area contributed by atoms with E-state index in [2.05, 4.69) is 61.9 Å². The predicted octanol–water partition coefficient (Wildman–Crippen LogP) is 4.30. The minimum Gasteiger partial charge on any atom is -0.488 e. The summed E-state index contributed by atoms with van der Waals surface area (Å²) in [5.74, 6) is 0.953. The van der Waals surface area contributed by atoms with Crippen molar-refractivity contribution in [2.24, 2.45) is 0 Å². The zero-order valence-corrected chi connectivity index (χ0v) is 12.9. The van der Waals surface area contributed by atoms with Crippen LogP contribution >= 0.6 is 15.9 Å². The lowest BCUT2D eigenvalue weighted by Gasteiger charge is -2.25. The Morgan fingerprint density at radius 2 is 2.00 bits per heavy atom. The molecule has 0 aliphatic rings. The van der Waals surface area contributed by atoms with Gasteiger partial charge in [-0.2, -0.15) is 0 Å². The van der Waals surface area contributed by atoms with Crippen LogP contribution < -0.4 is 10.1 Å². The fourth-order valence-corrected chi connectivity index (χ4v) is 2.08. The maximum atomic E-state index is 5.99. The van der Waals surface area contributed by atoms with Gasteiger partial charge in [0, 0.05) is 16.1 Å². The Hall–Kier alpha value is -0.540. The van der Waals surface area contributed by atoms with Crippen molar-refractivity contribution < 1.29 is 4.74 Å². The van der Waals surface area contributed by atoms with Gasteiger partial charge in [-0.1, -0.05) is 22.9 Å². The van der Waals surface area contributed by atoms with Crippen LogP contribution in [-0.2, 0) is 0 Å². The number of hydrogen-bond donors (Lipinski definition) is 1. The van der Waals surface area contributed by atoms with E-state index in [0.29, 0.717) is 0 Å². The van der Waals surface area contributed by atoms with Crippen molar-refractivity contribution in [3.8, 4) is 5.75 Å². The van der Waals surface area contributed by atoms with E-state index in [1.807, 2.05) is 12.1 Å². The van der Waals surface area contributed by atoms with Crippen LogP contribution in [0.25, 0.3) is 0 Å². The third-order valence-corrected chi connectivity index (χ3v) is 2.86. The highest BCUT2D eigenvalue weighted by Gasteiger charge is 2.17. The molecule has 1 aromatic rings. The normalized spacial score (nSPS) is 13.5. The fraction of sp³-hybridized carbons (Fsp3) is 0.571. The second kappa shape index (κ2) is 5.87. The largest absolute Gasteiger partial charge is 0.488 e. The van der Waals surface area contributed by atoms with Crippen molar-refractivity contribution in [3.05, 3.63) is 28.2 Å². The number of benzene rings is 1. The lowest BCUT2D eigenvalue weighted by atomic mass is 10.1. The molecule has 1 aromatic carbocycles. The highest BCUT2D eigenvalue weighted by atomic mass is 79.9. The molecule has 0 amide bonds. The summed E-state index contributed by atoms with van der Waals surface area (Å²) in [6.45, 7) is 11.4. The monoisotopic (exact) mass is 299 g/mol. The van der Waals surface area contributed by atoms with Crippen LogP contribution in [0.15, 0.2) is 22.7 Å². The van der Waals surface area contributed by atoms with Crippen LogP contribution in [0.3, 0.4) is 0 Å². The molecule has 17 heavy (non-hydrogen) atoms. The van der Waals surface area contributed by atoms with Gasteiger partial charge in [0.2, 0.25) is 0 Å². The van der Waals surface area contributed by atoms with Gasteiger partial charge in [-0.25, -0.2) is 0 Å². The van der Waals surface area contributed by atoms with E-state index < -0.39 is 0 Å². The first-order chi connectivity index (χ1) is 7.83. The standard InChI is InChI=1S/C14H22BrNO/c1-6-16-10(2)12-9-11(15)7-8-13(12)17-14(3,4)5/h7-10,16H,6H2,1-5H3. The van der Waals surface area contributed by atoms with E-state index >= 15 is 0 Å². The summed E-state index contributed by atoms with van der Waals surface area (Å²) < 4.78 is 7.08. The molecule has 0 fully saturated rings. The molecule has 0 bridgehead atoms. The van der Waals surface area contributed by atoms with Gasteiger partial charge in [0.25, 0.3) is 0 Å². The van der Waals surface area contributed by atoms with Crippen LogP contribution in [-0.4, -0.2) is 12.1 Å². The highest BCUT2D eigenvalue weighted by molar-refractivity contribution is 9.10. The van der Waals surface area contributed by atoms with E-state index in [9.17, 15) is 0 Å². The van der Waals surface area contributed by atoms with Gasteiger partial charge in [-0.3, -0.25) is 0 Å². The molecule has 1 unspecified atom stereocenters. The van der Waals surface area contributed by atoms with E-state index in [1.54, 1.807) is 0 Å². The highest BCUT2D eigenvalue weighted by Crippen LogP contribution is 2.30. The minimum atomic E-state index is -0.172. The van der Waals surface area contributed by atoms with Crippen molar-refractivity contribution in [1.82, 2.24) is 5.32 Å². The van der Waals surface area contributed by atoms with E-state index in [0.717, 1.165) is 16.8 Å². The van der Waals surface area contributed by atoms with Gasteiger partial charge >= 0.3 is 0 Å². The quantitative estimate of drug-likeness (QED) is 0.895. The average Bonchev–Trinajstić information content (AvgIpc) is 2.19. The first-order valence-corrected chi connectivity index (χ1v) is 6.84. The van der Waals surface area contributed by atoms with Gasteiger partial charge in [0.1, 0.15) is 11.4 Å². The van der Waals surface area contributed by atoms with Crippen molar-refractivity contribution in [2.45, 2.75) is 46.3 Å². The predicted molar refractivity (Wildman–Crippen MR) is 76.6 cm³/mol. The summed E-state index contributed by atoms with van der Waals surface area (Å²) in [6, 6.07) is 6.45. The zero-order valence-electron chi connectivity index (χ0n) is 11.3. The number of halogens is 1. The van der Waals surface area contributed by atoms with Crippen LogP contribution in [0, 0.1) is 0 Å². The van der Waals surface area contributed by atoms with E-state index in [-0.39, 0.29) is 11.6 Å². The molecule has 0 radical (unpaired) electrons. The average molecular weight is 300 g/mol. The molecular weight excluding hydrogens is 278 g/mol. The first kappa shape index (κ1) is 14.5. The SMILES string of the molecule is CCNC(C)c1cc(Br)ccc1OC(C)(C)C. The molecule has 1 N–H and O–H groups in total. The Kier molecular flexibility index (Phi) is 5.02. The van der Waals surface area contributed by atoms with E-state index in [4.69, 9.17) is 4.74 Å². The third kappa shape index (κ3) is 4.68. The molecule has 0 aliphatic carbocycles. The summed E-state index contributed by atoms with van der Waals surface area (Å²) in [4.78, 5) is 0. The molecule has 0 heterocycles. The molecule has 2 nitrogen and oxygen atoms in total. The molecule has 1 atom stereocenters. The van der Waals surface area contributed by atoms with Crippen LogP contribution in [0.5, 0.6) is 5.75 Å². The van der Waals surface area contributed by atoms with Crippen molar-refractivity contribution in [2.75, 3.05) is 6.54 Å². The van der Waals surface area contributed by atoms with Gasteiger partial charge in [0.15, 0.2) is 0 Å². The van der Waals surface area contributed by atoms with Crippen molar-refractivity contribution in [3.63, 3.8) is 0 Å². The fourth-order valence-electron chi connectivity index (χ4n) is 1.70. The summed E-state index contributed by atoms with van der Waals surface area (Å²) in [7, 11) is 0. The molecule has 1 rings (SSSR count). The molecule has 96 valence electrons. The number of nitrogens with one attached hydrogen (secondary N) is 1. The van der Waals surface area contributed by atoms with Gasteiger partial charge in [-0.15, -0.1) is 0 Å². The Balaban J connectivity index is 3.03. The summed E-state index contributed by atoms with van der Waals surface area (Å²) in [5.41, 5.74) is 1.02. The Bertz CT molecular complexity index is 371. The summed E-state index contributed by atoms with van der Waals surface area (Å²) in [5, 5.41) is 3.41. The molecule has 0 aliphatic heterocycles. The lowest BCUT2D eigenvalue weighted by Crippen LogP contribution is -2.25. The molecule has 0 spiro atoms. The smallest absolute Gasteiger partial charge is 0.124 e. The molecule has 0 saturated heterocycles. The second-order valence-electron chi connectivity index (χ2n) is 5.18. The Morgan fingerprint density at radius 3 is 2.53 bits per heavy atom. The van der Waals surface area contributed by atoms with E-state index in [1.165, 1.54) is 5.56 Å². The molecular formula is C14H22BrNO. The zero-order chi connectivity index (χ0) is 13.1. The van der Waals surface area contributed by atoms with Crippen LogP contribution in [0.2, 0.25) is 0 Å². The molecule has 0 saturated carbocycles. The number of ether oxygens (including phenoxy) is 1. The van der Waals surface area contributed by atoms with Crippen LogP contribution in [0.1, 0.15) is 46.2 Å². The topological polar surface area (TPSA) is 21.3 Å². The number of rotatable bonds is 4. The minimum absolute atomic E-state index is 0.172. The van der Waals surface area contributed by atoms with Crippen molar-refractivity contribution in [1.29, 1.82) is 0 Å². The molecule has 3 heteroatoms. The maximum Gasteiger partial charge on any atom is 0.124 e. The van der Waals surface area contributed by atoms with Gasteiger partial charge < -0.3 is 10.1 Å². The molecule has 0 aromatic heterocycles. The lowest BCUT2D eigenvalue weighted by molar-refractivity contribution is 0.128.